The van der Waals surface area contributed by atoms with Gasteiger partial charge in [-0.3, -0.25) is 0 Å². The monoisotopic (exact) mass is 336 g/mol. The topological polar surface area (TPSA) is 75.3 Å². The molecule has 1 aromatic heterocycles. The fourth-order valence-electron chi connectivity index (χ4n) is 3.14. The van der Waals surface area contributed by atoms with Crippen molar-refractivity contribution in [3.63, 3.8) is 0 Å². The summed E-state index contributed by atoms with van der Waals surface area (Å²) in [6.45, 7) is 5.74. The van der Waals surface area contributed by atoms with E-state index >= 15 is 0 Å². The van der Waals surface area contributed by atoms with Crippen LogP contribution in [0.15, 0.2) is 43.0 Å². The molecule has 0 spiro atoms. The highest BCUT2D eigenvalue weighted by atomic mass is 16.4. The summed E-state index contributed by atoms with van der Waals surface area (Å²) in [7, 11) is 0. The lowest BCUT2D eigenvalue weighted by atomic mass is 9.91. The van der Waals surface area contributed by atoms with Gasteiger partial charge >= 0.3 is 5.97 Å². The lowest BCUT2D eigenvalue weighted by molar-refractivity contribution is 0.0695. The molecule has 2 N–H and O–H groups in total. The van der Waals surface area contributed by atoms with Gasteiger partial charge in [-0.15, -0.1) is 0 Å². The van der Waals surface area contributed by atoms with Gasteiger partial charge in [0.1, 0.15) is 5.75 Å². The average molecular weight is 336 g/mol. The van der Waals surface area contributed by atoms with Crippen molar-refractivity contribution in [2.24, 2.45) is 0 Å². The number of carbonyl (C=O) groups is 1. The zero-order valence-corrected chi connectivity index (χ0v) is 14.4. The quantitative estimate of drug-likeness (QED) is 0.760. The van der Waals surface area contributed by atoms with Gasteiger partial charge in [0, 0.05) is 12.4 Å². The van der Waals surface area contributed by atoms with Gasteiger partial charge in [-0.05, 0) is 73.2 Å². The van der Waals surface area contributed by atoms with E-state index in [1.165, 1.54) is 0 Å². The van der Waals surface area contributed by atoms with Crippen molar-refractivity contribution in [2.75, 3.05) is 0 Å². The van der Waals surface area contributed by atoms with Crippen LogP contribution in [0.25, 0.3) is 5.69 Å². The van der Waals surface area contributed by atoms with Gasteiger partial charge in [0.05, 0.1) is 17.6 Å². The maximum atomic E-state index is 11.7. The number of phenols is 1. The Bertz CT molecular complexity index is 944. The van der Waals surface area contributed by atoms with Crippen molar-refractivity contribution in [1.82, 2.24) is 9.55 Å². The SMILES string of the molecule is Cc1cc(C)c(Cc2cc(-n3ccnc3)c(O)cc2C)c(C(=O)O)c1. The number of imidazole rings is 1. The zero-order chi connectivity index (χ0) is 18.1. The third-order valence-electron chi connectivity index (χ3n) is 4.43. The molecule has 0 radical (unpaired) electrons. The molecule has 5 heteroatoms. The molecule has 0 aliphatic carbocycles. The molecule has 0 aliphatic rings. The number of aromatic hydroxyl groups is 1. The van der Waals surface area contributed by atoms with E-state index in [2.05, 4.69) is 4.98 Å². The molecule has 3 rings (SSSR count). The van der Waals surface area contributed by atoms with Gasteiger partial charge in [0.15, 0.2) is 0 Å². The summed E-state index contributed by atoms with van der Waals surface area (Å²) in [5, 5.41) is 19.8. The van der Waals surface area contributed by atoms with Gasteiger partial charge < -0.3 is 14.8 Å². The lowest BCUT2D eigenvalue weighted by Crippen LogP contribution is -2.07. The minimum absolute atomic E-state index is 0.165. The first-order valence-corrected chi connectivity index (χ1v) is 8.01. The van der Waals surface area contributed by atoms with Crippen LogP contribution < -0.4 is 0 Å². The maximum Gasteiger partial charge on any atom is 0.335 e. The largest absolute Gasteiger partial charge is 0.506 e. The second kappa shape index (κ2) is 6.43. The Morgan fingerprint density at radius 3 is 2.52 bits per heavy atom. The molecule has 0 bridgehead atoms. The molecule has 0 atom stereocenters. The maximum absolute atomic E-state index is 11.7. The number of hydrogen-bond donors (Lipinski definition) is 2. The van der Waals surface area contributed by atoms with Crippen molar-refractivity contribution in [3.8, 4) is 11.4 Å². The number of hydrogen-bond acceptors (Lipinski definition) is 3. The Labute approximate surface area is 146 Å². The molecule has 0 saturated carbocycles. The Kier molecular flexibility index (Phi) is 4.31. The number of aryl methyl sites for hydroxylation is 3. The van der Waals surface area contributed by atoms with E-state index in [9.17, 15) is 15.0 Å². The molecular weight excluding hydrogens is 316 g/mol. The molecular formula is C20H20N2O3. The number of benzene rings is 2. The molecule has 0 fully saturated rings. The molecule has 0 amide bonds. The minimum atomic E-state index is -0.923. The Morgan fingerprint density at radius 1 is 1.12 bits per heavy atom. The second-order valence-corrected chi connectivity index (χ2v) is 6.33. The summed E-state index contributed by atoms with van der Waals surface area (Å²) in [5.74, 6) is -0.758. The summed E-state index contributed by atoms with van der Waals surface area (Å²) >= 11 is 0. The highest BCUT2D eigenvalue weighted by Gasteiger charge is 2.16. The van der Waals surface area contributed by atoms with Crippen LogP contribution in [-0.4, -0.2) is 25.7 Å². The molecule has 3 aromatic rings. The lowest BCUT2D eigenvalue weighted by Gasteiger charge is -2.15. The average Bonchev–Trinajstić information content (AvgIpc) is 3.05. The van der Waals surface area contributed by atoms with Crippen LogP contribution in [0.5, 0.6) is 5.75 Å². The van der Waals surface area contributed by atoms with Crippen molar-refractivity contribution < 1.29 is 15.0 Å². The summed E-state index contributed by atoms with van der Waals surface area (Å²) in [6, 6.07) is 7.29. The third kappa shape index (κ3) is 3.26. The van der Waals surface area contributed by atoms with Crippen LogP contribution in [0.3, 0.4) is 0 Å². The summed E-state index contributed by atoms with van der Waals surface area (Å²) < 4.78 is 1.73. The zero-order valence-electron chi connectivity index (χ0n) is 14.4. The van der Waals surface area contributed by atoms with Crippen LogP contribution in [0.2, 0.25) is 0 Å². The normalized spacial score (nSPS) is 10.8. The van der Waals surface area contributed by atoms with Crippen LogP contribution >= 0.6 is 0 Å². The van der Waals surface area contributed by atoms with Gasteiger partial charge in [-0.2, -0.15) is 0 Å². The van der Waals surface area contributed by atoms with Crippen molar-refractivity contribution >= 4 is 5.97 Å². The third-order valence-corrected chi connectivity index (χ3v) is 4.43. The second-order valence-electron chi connectivity index (χ2n) is 6.33. The number of nitrogens with zero attached hydrogens (tertiary/aromatic N) is 2. The molecule has 0 aliphatic heterocycles. The smallest absolute Gasteiger partial charge is 0.335 e. The molecule has 25 heavy (non-hydrogen) atoms. The van der Waals surface area contributed by atoms with Gasteiger partial charge in [-0.1, -0.05) is 6.07 Å². The predicted octanol–water partition coefficient (Wildman–Crippen LogP) is 3.79. The van der Waals surface area contributed by atoms with Crippen LogP contribution in [0.1, 0.15) is 38.2 Å². The highest BCUT2D eigenvalue weighted by molar-refractivity contribution is 5.90. The molecule has 2 aromatic carbocycles. The standard InChI is InChI=1S/C20H20N2O3/c1-12-6-14(3)16(17(7-12)20(24)25)9-15-10-18(19(23)8-13(15)2)22-5-4-21-11-22/h4-8,10-11,23H,9H2,1-3H3,(H,24,25). The number of aromatic carboxylic acids is 1. The molecule has 128 valence electrons. The summed E-state index contributed by atoms with van der Waals surface area (Å²) in [4.78, 5) is 15.7. The Morgan fingerprint density at radius 2 is 1.88 bits per heavy atom. The number of rotatable bonds is 4. The van der Waals surface area contributed by atoms with Crippen LogP contribution in [-0.2, 0) is 6.42 Å². The first-order valence-electron chi connectivity index (χ1n) is 8.01. The fourth-order valence-corrected chi connectivity index (χ4v) is 3.14. The van der Waals surface area contributed by atoms with E-state index < -0.39 is 5.97 Å². The highest BCUT2D eigenvalue weighted by Crippen LogP contribution is 2.29. The van der Waals surface area contributed by atoms with Crippen molar-refractivity contribution in [2.45, 2.75) is 27.2 Å². The van der Waals surface area contributed by atoms with E-state index in [4.69, 9.17) is 0 Å². The number of carboxylic acid groups (broad SMARTS) is 1. The van der Waals surface area contributed by atoms with Gasteiger partial charge in [-0.25, -0.2) is 9.78 Å². The predicted molar refractivity (Wildman–Crippen MR) is 95.6 cm³/mol. The van der Waals surface area contributed by atoms with Crippen molar-refractivity contribution in [1.29, 1.82) is 0 Å². The van der Waals surface area contributed by atoms with E-state index in [-0.39, 0.29) is 5.75 Å². The molecule has 0 unspecified atom stereocenters. The molecule has 1 heterocycles. The van der Waals surface area contributed by atoms with Crippen LogP contribution in [0, 0.1) is 20.8 Å². The van der Waals surface area contributed by atoms with E-state index in [0.717, 1.165) is 27.8 Å². The summed E-state index contributed by atoms with van der Waals surface area (Å²) in [6.07, 6.45) is 5.51. The van der Waals surface area contributed by atoms with Gasteiger partial charge in [0.25, 0.3) is 0 Å². The van der Waals surface area contributed by atoms with E-state index in [1.54, 1.807) is 35.4 Å². The number of carboxylic acids is 1. The Balaban J connectivity index is 2.10. The van der Waals surface area contributed by atoms with Crippen molar-refractivity contribution in [3.05, 3.63) is 76.4 Å². The van der Waals surface area contributed by atoms with Crippen LogP contribution in [0.4, 0.5) is 0 Å². The summed E-state index contributed by atoms with van der Waals surface area (Å²) in [5.41, 5.74) is 5.51. The fraction of sp³-hybridized carbons (Fsp3) is 0.200. The Hall–Kier alpha value is -3.08. The molecule has 0 saturated heterocycles. The van der Waals surface area contributed by atoms with Gasteiger partial charge in [0.2, 0.25) is 0 Å². The first kappa shape index (κ1) is 16.8. The number of aromatic nitrogens is 2. The van der Waals surface area contributed by atoms with E-state index in [1.807, 2.05) is 32.9 Å². The minimum Gasteiger partial charge on any atom is -0.506 e. The number of phenolic OH excluding ortho intramolecular Hbond substituents is 1. The molecule has 5 nitrogen and oxygen atoms in total. The first-order chi connectivity index (χ1) is 11.9. The van der Waals surface area contributed by atoms with E-state index in [0.29, 0.717) is 17.7 Å².